The summed E-state index contributed by atoms with van der Waals surface area (Å²) >= 11 is 0. The smallest absolute Gasteiger partial charge is 0.325 e. The highest BCUT2D eigenvalue weighted by atomic mass is 19.1. The van der Waals surface area contributed by atoms with E-state index in [0.717, 1.165) is 4.90 Å². The van der Waals surface area contributed by atoms with Gasteiger partial charge in [-0.25, -0.2) is 9.18 Å². The molecule has 29 heavy (non-hydrogen) atoms. The Bertz CT molecular complexity index is 961. The van der Waals surface area contributed by atoms with E-state index >= 15 is 0 Å². The number of anilines is 1. The molecule has 1 saturated heterocycles. The van der Waals surface area contributed by atoms with Gasteiger partial charge in [-0.15, -0.1) is 0 Å². The second kappa shape index (κ2) is 7.90. The molecular weight excluding hydrogens is 377 g/mol. The number of halogens is 1. The number of aryl methyl sites for hydroxylation is 1. The average Bonchev–Trinajstić information content (AvgIpc) is 2.96. The van der Waals surface area contributed by atoms with Gasteiger partial charge < -0.3 is 15.4 Å². The quantitative estimate of drug-likeness (QED) is 0.731. The largest absolute Gasteiger partial charge is 0.497 e. The van der Waals surface area contributed by atoms with Crippen LogP contribution in [0, 0.1) is 12.7 Å². The maximum atomic E-state index is 13.7. The maximum Gasteiger partial charge on any atom is 0.325 e. The van der Waals surface area contributed by atoms with Crippen molar-refractivity contribution in [2.45, 2.75) is 25.8 Å². The first-order valence-corrected chi connectivity index (χ1v) is 9.15. The number of benzene rings is 2. The van der Waals surface area contributed by atoms with E-state index in [9.17, 15) is 18.8 Å². The van der Waals surface area contributed by atoms with E-state index in [1.807, 2.05) is 0 Å². The first-order valence-electron chi connectivity index (χ1n) is 9.15. The molecule has 2 N–H and O–H groups in total. The molecule has 4 amide bonds. The highest BCUT2D eigenvalue weighted by Gasteiger charge is 2.51. The van der Waals surface area contributed by atoms with Crippen LogP contribution in [0.5, 0.6) is 5.75 Å². The second-order valence-corrected chi connectivity index (χ2v) is 6.82. The van der Waals surface area contributed by atoms with Crippen molar-refractivity contribution in [3.63, 3.8) is 0 Å². The normalized spacial score (nSPS) is 18.6. The molecule has 1 aliphatic rings. The number of urea groups is 1. The second-order valence-electron chi connectivity index (χ2n) is 6.82. The fourth-order valence-electron chi connectivity index (χ4n) is 3.30. The summed E-state index contributed by atoms with van der Waals surface area (Å²) in [5, 5.41) is 5.22. The number of hydrogen-bond acceptors (Lipinski definition) is 4. The Morgan fingerprint density at radius 3 is 2.48 bits per heavy atom. The van der Waals surface area contributed by atoms with Crippen molar-refractivity contribution in [1.82, 2.24) is 10.2 Å². The number of ether oxygens (including phenoxy) is 1. The molecule has 1 aliphatic heterocycles. The Labute approximate surface area is 167 Å². The minimum absolute atomic E-state index is 0.252. The molecule has 0 spiro atoms. The number of carbonyl (C=O) groups excluding carboxylic acids is 3. The number of amides is 4. The third kappa shape index (κ3) is 3.78. The van der Waals surface area contributed by atoms with Crippen molar-refractivity contribution < 1.29 is 23.5 Å². The zero-order chi connectivity index (χ0) is 21.2. The van der Waals surface area contributed by atoms with Gasteiger partial charge in [-0.2, -0.15) is 0 Å². The van der Waals surface area contributed by atoms with Gasteiger partial charge in [-0.05, 0) is 48.7 Å². The molecular formula is C21H22FN3O4. The van der Waals surface area contributed by atoms with E-state index < -0.39 is 35.7 Å². The summed E-state index contributed by atoms with van der Waals surface area (Å²) in [5.41, 5.74) is 0.0496. The molecule has 0 radical (unpaired) electrons. The number of imide groups is 1. The molecule has 3 rings (SSSR count). The van der Waals surface area contributed by atoms with Gasteiger partial charge in [-0.3, -0.25) is 14.5 Å². The number of hydrogen-bond donors (Lipinski definition) is 2. The fourth-order valence-corrected chi connectivity index (χ4v) is 3.30. The molecule has 0 unspecified atom stereocenters. The van der Waals surface area contributed by atoms with Crippen LogP contribution in [0.25, 0.3) is 0 Å². The highest BCUT2D eigenvalue weighted by Crippen LogP contribution is 2.33. The summed E-state index contributed by atoms with van der Waals surface area (Å²) < 4.78 is 18.8. The van der Waals surface area contributed by atoms with E-state index in [4.69, 9.17) is 4.74 Å². The van der Waals surface area contributed by atoms with Crippen LogP contribution in [0.1, 0.15) is 24.5 Å². The third-order valence-electron chi connectivity index (χ3n) is 5.05. The van der Waals surface area contributed by atoms with Crippen LogP contribution in [0.4, 0.5) is 14.9 Å². The van der Waals surface area contributed by atoms with Gasteiger partial charge in [0.15, 0.2) is 0 Å². The molecule has 2 aromatic rings. The van der Waals surface area contributed by atoms with Crippen LogP contribution < -0.4 is 15.4 Å². The van der Waals surface area contributed by atoms with Crippen LogP contribution in [-0.2, 0) is 15.1 Å². The monoisotopic (exact) mass is 399 g/mol. The van der Waals surface area contributed by atoms with Gasteiger partial charge in [0.2, 0.25) is 5.91 Å². The van der Waals surface area contributed by atoms with Gasteiger partial charge in [0, 0.05) is 5.69 Å². The summed E-state index contributed by atoms with van der Waals surface area (Å²) in [4.78, 5) is 38.8. The van der Waals surface area contributed by atoms with Crippen LogP contribution in [0.3, 0.4) is 0 Å². The Kier molecular flexibility index (Phi) is 5.54. The topological polar surface area (TPSA) is 87.7 Å². The lowest BCUT2D eigenvalue weighted by molar-refractivity contribution is -0.134. The Morgan fingerprint density at radius 1 is 1.21 bits per heavy atom. The lowest BCUT2D eigenvalue weighted by Gasteiger charge is -2.26. The fraction of sp³-hybridized carbons (Fsp3) is 0.286. The average molecular weight is 399 g/mol. The molecule has 7 nitrogen and oxygen atoms in total. The summed E-state index contributed by atoms with van der Waals surface area (Å²) in [6.45, 7) is 2.91. The summed E-state index contributed by atoms with van der Waals surface area (Å²) in [6, 6.07) is 10.4. The molecule has 152 valence electrons. The summed E-state index contributed by atoms with van der Waals surface area (Å²) in [7, 11) is 1.54. The standard InChI is InChI=1S/C21H22FN3O4/c1-4-21(14-6-9-16(29-3)10-7-14)19(27)25(20(28)24-21)12-18(26)23-15-8-5-13(2)17(22)11-15/h5-11H,4,12H2,1-3H3,(H,23,26)(H,24,28)/t21-/m1/s1. The van der Waals surface area contributed by atoms with Crippen molar-refractivity contribution in [3.05, 3.63) is 59.4 Å². The number of rotatable bonds is 6. The zero-order valence-electron chi connectivity index (χ0n) is 16.4. The lowest BCUT2D eigenvalue weighted by Crippen LogP contribution is -2.44. The van der Waals surface area contributed by atoms with Gasteiger partial charge >= 0.3 is 6.03 Å². The third-order valence-corrected chi connectivity index (χ3v) is 5.05. The van der Waals surface area contributed by atoms with Crippen LogP contribution in [0.15, 0.2) is 42.5 Å². The van der Waals surface area contributed by atoms with Crippen molar-refractivity contribution in [1.29, 1.82) is 0 Å². The number of methoxy groups -OCH3 is 1. The molecule has 0 bridgehead atoms. The SMILES string of the molecule is CC[C@]1(c2ccc(OC)cc2)NC(=O)N(CC(=O)Nc2ccc(C)c(F)c2)C1=O. The van der Waals surface area contributed by atoms with Crippen molar-refractivity contribution in [2.24, 2.45) is 0 Å². The predicted octanol–water partition coefficient (Wildman–Crippen LogP) is 2.94. The van der Waals surface area contributed by atoms with Crippen LogP contribution in [0.2, 0.25) is 0 Å². The summed E-state index contributed by atoms with van der Waals surface area (Å²) in [5.74, 6) is -0.945. The van der Waals surface area contributed by atoms with E-state index in [-0.39, 0.29) is 5.69 Å². The highest BCUT2D eigenvalue weighted by molar-refractivity contribution is 6.10. The Morgan fingerprint density at radius 2 is 1.90 bits per heavy atom. The van der Waals surface area contributed by atoms with Gasteiger partial charge in [0.05, 0.1) is 7.11 Å². The van der Waals surface area contributed by atoms with Crippen LogP contribution >= 0.6 is 0 Å². The zero-order valence-corrected chi connectivity index (χ0v) is 16.4. The molecule has 1 atom stereocenters. The molecule has 0 aliphatic carbocycles. The van der Waals surface area contributed by atoms with E-state index in [0.29, 0.717) is 23.3 Å². The molecule has 1 fully saturated rings. The molecule has 1 heterocycles. The Hall–Kier alpha value is -3.42. The number of nitrogens with one attached hydrogen (secondary N) is 2. The number of nitrogens with zero attached hydrogens (tertiary/aromatic N) is 1. The lowest BCUT2D eigenvalue weighted by atomic mass is 9.87. The van der Waals surface area contributed by atoms with Gasteiger partial charge in [0.25, 0.3) is 5.91 Å². The van der Waals surface area contributed by atoms with E-state index in [1.165, 1.54) is 19.2 Å². The van der Waals surface area contributed by atoms with Crippen molar-refractivity contribution >= 4 is 23.5 Å². The minimum atomic E-state index is -1.25. The van der Waals surface area contributed by atoms with E-state index in [2.05, 4.69) is 10.6 Å². The minimum Gasteiger partial charge on any atom is -0.497 e. The van der Waals surface area contributed by atoms with Gasteiger partial charge in [-0.1, -0.05) is 25.1 Å². The summed E-state index contributed by atoms with van der Waals surface area (Å²) in [6.07, 6.45) is 0.311. The van der Waals surface area contributed by atoms with E-state index in [1.54, 1.807) is 44.2 Å². The predicted molar refractivity (Wildman–Crippen MR) is 105 cm³/mol. The Balaban J connectivity index is 1.77. The number of carbonyl (C=O) groups is 3. The van der Waals surface area contributed by atoms with Crippen molar-refractivity contribution in [2.75, 3.05) is 19.0 Å². The maximum absolute atomic E-state index is 13.7. The van der Waals surface area contributed by atoms with Crippen molar-refractivity contribution in [3.8, 4) is 5.75 Å². The van der Waals surface area contributed by atoms with Gasteiger partial charge in [0.1, 0.15) is 23.7 Å². The van der Waals surface area contributed by atoms with Crippen LogP contribution in [-0.4, -0.2) is 36.4 Å². The molecule has 2 aromatic carbocycles. The first kappa shape index (κ1) is 20.3. The molecule has 8 heteroatoms. The molecule has 0 saturated carbocycles. The molecule has 0 aromatic heterocycles. The first-order chi connectivity index (χ1) is 13.8.